The molecule has 0 saturated carbocycles. The van der Waals surface area contributed by atoms with Gasteiger partial charge in [0, 0.05) is 13.1 Å². The summed E-state index contributed by atoms with van der Waals surface area (Å²) in [5.74, 6) is 0.219. The van der Waals surface area contributed by atoms with Gasteiger partial charge in [-0.1, -0.05) is 24.3 Å². The van der Waals surface area contributed by atoms with Crippen molar-refractivity contribution in [3.8, 4) is 0 Å². The summed E-state index contributed by atoms with van der Waals surface area (Å²) < 4.78 is 0. The number of halogens is 1. The molecule has 0 spiro atoms. The highest BCUT2D eigenvalue weighted by molar-refractivity contribution is 5.85. The molecule has 5 heteroatoms. The number of aliphatic hydroxyl groups excluding tert-OH is 1. The molecule has 0 bridgehead atoms. The number of carbonyl (C=O) groups is 1. The molecular weight excluding hydrogens is 264 g/mol. The summed E-state index contributed by atoms with van der Waals surface area (Å²) in [4.78, 5) is 11.9. The molecular formula is C14H21ClN2O2. The monoisotopic (exact) mass is 284 g/mol. The first-order chi connectivity index (χ1) is 8.79. The van der Waals surface area contributed by atoms with Gasteiger partial charge >= 0.3 is 0 Å². The highest BCUT2D eigenvalue weighted by atomic mass is 35.5. The molecule has 1 aromatic rings. The summed E-state index contributed by atoms with van der Waals surface area (Å²) in [6, 6.07) is 7.64. The molecule has 1 fully saturated rings. The van der Waals surface area contributed by atoms with Crippen molar-refractivity contribution in [2.75, 3.05) is 13.1 Å². The van der Waals surface area contributed by atoms with E-state index in [0.717, 1.165) is 37.1 Å². The second-order valence-electron chi connectivity index (χ2n) is 4.74. The number of hydrogen-bond acceptors (Lipinski definition) is 3. The Morgan fingerprint density at radius 3 is 2.89 bits per heavy atom. The number of carbonyl (C=O) groups excluding carboxylic acids is 1. The number of hydrogen-bond donors (Lipinski definition) is 3. The zero-order valence-electron chi connectivity index (χ0n) is 10.9. The van der Waals surface area contributed by atoms with Crippen molar-refractivity contribution in [3.63, 3.8) is 0 Å². The van der Waals surface area contributed by atoms with E-state index >= 15 is 0 Å². The van der Waals surface area contributed by atoms with Crippen LogP contribution in [-0.2, 0) is 17.9 Å². The molecule has 1 atom stereocenters. The molecule has 19 heavy (non-hydrogen) atoms. The Kier molecular flexibility index (Phi) is 6.84. The Bertz CT molecular complexity index is 406. The maximum Gasteiger partial charge on any atom is 0.224 e. The lowest BCUT2D eigenvalue weighted by atomic mass is 9.99. The molecule has 1 unspecified atom stereocenters. The van der Waals surface area contributed by atoms with Crippen LogP contribution in [0.4, 0.5) is 0 Å². The van der Waals surface area contributed by atoms with Crippen molar-refractivity contribution in [2.24, 2.45) is 5.92 Å². The number of amides is 1. The molecule has 1 amide bonds. The molecule has 0 aromatic heterocycles. The van der Waals surface area contributed by atoms with Crippen LogP contribution in [0.1, 0.15) is 24.0 Å². The van der Waals surface area contributed by atoms with Gasteiger partial charge in [0.25, 0.3) is 0 Å². The molecule has 1 aromatic carbocycles. The first-order valence-corrected chi connectivity index (χ1v) is 6.46. The summed E-state index contributed by atoms with van der Waals surface area (Å²) in [7, 11) is 0. The van der Waals surface area contributed by atoms with Crippen molar-refractivity contribution < 1.29 is 9.90 Å². The first-order valence-electron chi connectivity index (χ1n) is 6.46. The van der Waals surface area contributed by atoms with Crippen LogP contribution < -0.4 is 10.6 Å². The van der Waals surface area contributed by atoms with Gasteiger partial charge in [0.1, 0.15) is 0 Å². The van der Waals surface area contributed by atoms with Crippen LogP contribution in [-0.4, -0.2) is 24.1 Å². The van der Waals surface area contributed by atoms with Crippen LogP contribution in [0.25, 0.3) is 0 Å². The number of nitrogens with one attached hydrogen (secondary N) is 2. The SMILES string of the molecule is Cl.O=C(NCc1cccc(CO)c1)C1CCCNC1. The molecule has 4 nitrogen and oxygen atoms in total. The van der Waals surface area contributed by atoms with E-state index in [1.165, 1.54) is 0 Å². The molecule has 0 aliphatic carbocycles. The summed E-state index contributed by atoms with van der Waals surface area (Å²) in [6.07, 6.45) is 2.04. The van der Waals surface area contributed by atoms with Crippen molar-refractivity contribution in [3.05, 3.63) is 35.4 Å². The van der Waals surface area contributed by atoms with Crippen LogP contribution in [0, 0.1) is 5.92 Å². The lowest BCUT2D eigenvalue weighted by molar-refractivity contribution is -0.125. The first kappa shape index (κ1) is 16.0. The van der Waals surface area contributed by atoms with Crippen LogP contribution in [0.3, 0.4) is 0 Å². The Balaban J connectivity index is 0.00000180. The van der Waals surface area contributed by atoms with Gasteiger partial charge in [-0.2, -0.15) is 0 Å². The Morgan fingerprint density at radius 2 is 2.21 bits per heavy atom. The van der Waals surface area contributed by atoms with Crippen molar-refractivity contribution in [1.82, 2.24) is 10.6 Å². The highest BCUT2D eigenvalue weighted by Gasteiger charge is 2.20. The zero-order chi connectivity index (χ0) is 12.8. The fraction of sp³-hybridized carbons (Fsp3) is 0.500. The van der Waals surface area contributed by atoms with E-state index in [-0.39, 0.29) is 30.8 Å². The minimum Gasteiger partial charge on any atom is -0.392 e. The molecule has 0 radical (unpaired) electrons. The van der Waals surface area contributed by atoms with E-state index in [0.29, 0.717) is 6.54 Å². The summed E-state index contributed by atoms with van der Waals surface area (Å²) >= 11 is 0. The van der Waals surface area contributed by atoms with E-state index in [4.69, 9.17) is 5.11 Å². The fourth-order valence-corrected chi connectivity index (χ4v) is 2.25. The smallest absolute Gasteiger partial charge is 0.224 e. The quantitative estimate of drug-likeness (QED) is 0.779. The van der Waals surface area contributed by atoms with E-state index < -0.39 is 0 Å². The maximum absolute atomic E-state index is 11.9. The minimum atomic E-state index is 0. The van der Waals surface area contributed by atoms with Crippen molar-refractivity contribution in [1.29, 1.82) is 0 Å². The predicted molar refractivity (Wildman–Crippen MR) is 77.1 cm³/mol. The summed E-state index contributed by atoms with van der Waals surface area (Å²) in [5.41, 5.74) is 1.90. The molecule has 106 valence electrons. The van der Waals surface area contributed by atoms with Crippen LogP contribution >= 0.6 is 12.4 Å². The van der Waals surface area contributed by atoms with Crippen LogP contribution in [0.5, 0.6) is 0 Å². The number of piperidine rings is 1. The van der Waals surface area contributed by atoms with Crippen LogP contribution in [0.2, 0.25) is 0 Å². The zero-order valence-corrected chi connectivity index (χ0v) is 11.7. The Morgan fingerprint density at radius 1 is 1.42 bits per heavy atom. The van der Waals surface area contributed by atoms with E-state index in [1.807, 2.05) is 24.3 Å². The minimum absolute atomic E-state index is 0. The summed E-state index contributed by atoms with van der Waals surface area (Å²) in [6.45, 7) is 2.36. The number of rotatable bonds is 4. The molecule has 1 heterocycles. The number of aliphatic hydroxyl groups is 1. The topological polar surface area (TPSA) is 61.4 Å². The van der Waals surface area contributed by atoms with Gasteiger partial charge in [-0.25, -0.2) is 0 Å². The van der Waals surface area contributed by atoms with E-state index in [1.54, 1.807) is 0 Å². The molecule has 1 aliphatic rings. The lowest BCUT2D eigenvalue weighted by Gasteiger charge is -2.21. The average molecular weight is 285 g/mol. The van der Waals surface area contributed by atoms with Crippen LogP contribution in [0.15, 0.2) is 24.3 Å². The second-order valence-corrected chi connectivity index (χ2v) is 4.74. The van der Waals surface area contributed by atoms with E-state index in [9.17, 15) is 4.79 Å². The Hall–Kier alpha value is -1.10. The van der Waals surface area contributed by atoms with Gasteiger partial charge < -0.3 is 15.7 Å². The van der Waals surface area contributed by atoms with E-state index in [2.05, 4.69) is 10.6 Å². The predicted octanol–water partition coefficient (Wildman–Crippen LogP) is 1.22. The number of benzene rings is 1. The third-order valence-electron chi connectivity index (χ3n) is 3.31. The third-order valence-corrected chi connectivity index (χ3v) is 3.31. The third kappa shape index (κ3) is 4.82. The maximum atomic E-state index is 11.9. The lowest BCUT2D eigenvalue weighted by Crippen LogP contribution is -2.40. The van der Waals surface area contributed by atoms with Gasteiger partial charge in [0.05, 0.1) is 12.5 Å². The molecule has 2 rings (SSSR count). The summed E-state index contributed by atoms with van der Waals surface area (Å²) in [5, 5.41) is 15.2. The van der Waals surface area contributed by atoms with Crippen molar-refractivity contribution >= 4 is 18.3 Å². The van der Waals surface area contributed by atoms with Gasteiger partial charge in [-0.15, -0.1) is 12.4 Å². The van der Waals surface area contributed by atoms with Gasteiger partial charge in [0.15, 0.2) is 0 Å². The second kappa shape index (κ2) is 8.15. The Labute approximate surface area is 120 Å². The molecule has 1 aliphatic heterocycles. The largest absolute Gasteiger partial charge is 0.392 e. The van der Waals surface area contributed by atoms with Gasteiger partial charge in [-0.3, -0.25) is 4.79 Å². The average Bonchev–Trinajstić information content (AvgIpc) is 2.46. The normalized spacial score (nSPS) is 18.5. The van der Waals surface area contributed by atoms with Crippen molar-refractivity contribution in [2.45, 2.75) is 26.0 Å². The molecule has 3 N–H and O–H groups in total. The molecule has 1 saturated heterocycles. The fourth-order valence-electron chi connectivity index (χ4n) is 2.25. The van der Waals surface area contributed by atoms with Gasteiger partial charge in [-0.05, 0) is 30.5 Å². The van der Waals surface area contributed by atoms with Gasteiger partial charge in [0.2, 0.25) is 5.91 Å². The standard InChI is InChI=1S/C14H20N2O2.ClH/c17-10-12-4-1-3-11(7-12)8-16-14(18)13-5-2-6-15-9-13;/h1,3-4,7,13,15,17H,2,5-6,8-10H2,(H,16,18);1H. The highest BCUT2D eigenvalue weighted by Crippen LogP contribution is 2.10.